The van der Waals surface area contributed by atoms with Gasteiger partial charge in [-0.05, 0) is 55.1 Å². The summed E-state index contributed by atoms with van der Waals surface area (Å²) in [5.74, 6) is 1.02. The van der Waals surface area contributed by atoms with Crippen molar-refractivity contribution in [2.24, 2.45) is 5.92 Å². The first-order valence-corrected chi connectivity index (χ1v) is 10.1. The average molecular weight is 359 g/mol. The van der Waals surface area contributed by atoms with Crippen molar-refractivity contribution in [1.82, 2.24) is 4.90 Å². The summed E-state index contributed by atoms with van der Waals surface area (Å²) in [7, 11) is -1.08. The van der Waals surface area contributed by atoms with Crippen LogP contribution in [0, 0.1) is 5.92 Å². The highest BCUT2D eigenvalue weighted by atomic mass is 32.2. The van der Waals surface area contributed by atoms with E-state index in [9.17, 15) is 14.4 Å². The van der Waals surface area contributed by atoms with E-state index in [4.69, 9.17) is 0 Å². The van der Waals surface area contributed by atoms with Gasteiger partial charge < -0.3 is 10.2 Å². The molecule has 2 N–H and O–H groups in total. The summed E-state index contributed by atoms with van der Waals surface area (Å²) in [5.41, 5.74) is 1.27. The van der Waals surface area contributed by atoms with Gasteiger partial charge in [-0.25, -0.2) is 0 Å². The number of aromatic hydroxyl groups is 1. The summed E-state index contributed by atoms with van der Waals surface area (Å²) in [6.07, 6.45) is 1.54. The van der Waals surface area contributed by atoms with Gasteiger partial charge in [0.25, 0.3) is 0 Å². The van der Waals surface area contributed by atoms with Crippen molar-refractivity contribution in [1.29, 1.82) is 0 Å². The van der Waals surface area contributed by atoms with Gasteiger partial charge in [0.2, 0.25) is 0 Å². The first-order chi connectivity index (χ1) is 12.1. The fourth-order valence-electron chi connectivity index (χ4n) is 3.33. The number of piperidine rings is 1. The standard InChI is InChI=1S/C20H25NO3S/c22-18-6-8-19(9-7-18)25(24)13-12-21-11-10-17(20(23)15-21)14-16-4-2-1-3-5-16/h1-9,17,20,22-23H,10-15H2. The maximum Gasteiger partial charge on any atom is 0.115 e. The van der Waals surface area contributed by atoms with Crippen LogP contribution in [-0.2, 0) is 17.2 Å². The number of hydrogen-bond acceptors (Lipinski definition) is 4. The van der Waals surface area contributed by atoms with Crippen LogP contribution in [0.15, 0.2) is 59.5 Å². The highest BCUT2D eigenvalue weighted by Crippen LogP contribution is 2.22. The second-order valence-corrected chi connectivity index (χ2v) is 8.22. The Bertz CT molecular complexity index is 690. The first kappa shape index (κ1) is 18.1. The molecule has 2 aromatic rings. The second kappa shape index (κ2) is 8.61. The molecule has 0 aromatic heterocycles. The summed E-state index contributed by atoms with van der Waals surface area (Å²) >= 11 is 0. The molecule has 134 valence electrons. The Morgan fingerprint density at radius 1 is 1.08 bits per heavy atom. The van der Waals surface area contributed by atoms with E-state index in [2.05, 4.69) is 17.0 Å². The minimum absolute atomic E-state index is 0.185. The Balaban J connectivity index is 1.46. The number of phenolic OH excluding ortho intramolecular Hbond substituents is 1. The maximum absolute atomic E-state index is 12.3. The number of β-amino-alcohol motifs (C(OH)–C–C–N with tert-alkyl or cyclic N) is 1. The van der Waals surface area contributed by atoms with Gasteiger partial charge in [-0.1, -0.05) is 30.3 Å². The largest absolute Gasteiger partial charge is 0.508 e. The van der Waals surface area contributed by atoms with Crippen LogP contribution < -0.4 is 0 Å². The Kier molecular flexibility index (Phi) is 6.24. The molecular formula is C20H25NO3S. The lowest BCUT2D eigenvalue weighted by atomic mass is 9.88. The third-order valence-corrected chi connectivity index (χ3v) is 6.19. The molecule has 0 radical (unpaired) electrons. The van der Waals surface area contributed by atoms with Crippen molar-refractivity contribution in [3.63, 3.8) is 0 Å². The highest BCUT2D eigenvalue weighted by molar-refractivity contribution is 7.85. The number of hydrogen-bond donors (Lipinski definition) is 2. The van der Waals surface area contributed by atoms with E-state index in [1.165, 1.54) is 5.56 Å². The zero-order valence-corrected chi connectivity index (χ0v) is 15.1. The Morgan fingerprint density at radius 2 is 1.80 bits per heavy atom. The van der Waals surface area contributed by atoms with Gasteiger partial charge in [0.1, 0.15) is 5.75 Å². The number of aliphatic hydroxyl groups is 1. The van der Waals surface area contributed by atoms with Crippen LogP contribution in [0.5, 0.6) is 5.75 Å². The first-order valence-electron chi connectivity index (χ1n) is 8.73. The van der Waals surface area contributed by atoms with Gasteiger partial charge >= 0.3 is 0 Å². The molecule has 0 amide bonds. The molecule has 1 heterocycles. The van der Waals surface area contributed by atoms with Gasteiger partial charge in [0.15, 0.2) is 0 Å². The van der Waals surface area contributed by atoms with Gasteiger partial charge in [-0.2, -0.15) is 0 Å². The topological polar surface area (TPSA) is 60.8 Å². The summed E-state index contributed by atoms with van der Waals surface area (Å²) in [5, 5.41) is 19.8. The monoisotopic (exact) mass is 359 g/mol. The fraction of sp³-hybridized carbons (Fsp3) is 0.400. The van der Waals surface area contributed by atoms with E-state index in [0.29, 0.717) is 24.8 Å². The average Bonchev–Trinajstić information content (AvgIpc) is 2.63. The minimum atomic E-state index is -1.08. The van der Waals surface area contributed by atoms with Crippen LogP contribution in [-0.4, -0.2) is 50.8 Å². The molecule has 0 aliphatic carbocycles. The molecule has 3 atom stereocenters. The van der Waals surface area contributed by atoms with Crippen LogP contribution in [0.2, 0.25) is 0 Å². The number of nitrogens with zero attached hydrogens (tertiary/aromatic N) is 1. The third kappa shape index (κ3) is 5.14. The van der Waals surface area contributed by atoms with E-state index in [1.807, 2.05) is 18.2 Å². The Morgan fingerprint density at radius 3 is 2.48 bits per heavy atom. The Labute approximate surface area is 151 Å². The second-order valence-electron chi connectivity index (χ2n) is 6.65. The smallest absolute Gasteiger partial charge is 0.115 e. The molecule has 1 saturated heterocycles. The van der Waals surface area contributed by atoms with Crippen molar-refractivity contribution in [2.75, 3.05) is 25.4 Å². The Hall–Kier alpha value is -1.69. The zero-order valence-electron chi connectivity index (χ0n) is 14.3. The summed E-state index contributed by atoms with van der Waals surface area (Å²) in [6, 6.07) is 16.8. The molecular weight excluding hydrogens is 334 g/mol. The summed E-state index contributed by atoms with van der Waals surface area (Å²) in [4.78, 5) is 2.93. The molecule has 4 nitrogen and oxygen atoms in total. The molecule has 1 fully saturated rings. The van der Waals surface area contributed by atoms with Crippen LogP contribution in [0.3, 0.4) is 0 Å². The van der Waals surface area contributed by atoms with Gasteiger partial charge in [0, 0.05) is 23.7 Å². The van der Waals surface area contributed by atoms with E-state index < -0.39 is 10.8 Å². The van der Waals surface area contributed by atoms with Crippen molar-refractivity contribution in [3.05, 3.63) is 60.2 Å². The minimum Gasteiger partial charge on any atom is -0.508 e. The van der Waals surface area contributed by atoms with Crippen LogP contribution in [0.1, 0.15) is 12.0 Å². The number of likely N-dealkylation sites (tertiary alicyclic amines) is 1. The van der Waals surface area contributed by atoms with Gasteiger partial charge in [-0.3, -0.25) is 9.11 Å². The molecule has 5 heteroatoms. The molecule has 0 spiro atoms. The number of aliphatic hydroxyl groups excluding tert-OH is 1. The van der Waals surface area contributed by atoms with E-state index in [0.717, 1.165) is 24.3 Å². The molecule has 1 aliphatic rings. The van der Waals surface area contributed by atoms with Crippen molar-refractivity contribution < 1.29 is 14.4 Å². The lowest BCUT2D eigenvalue weighted by molar-refractivity contribution is 0.0246. The molecule has 2 aromatic carbocycles. The summed E-state index contributed by atoms with van der Waals surface area (Å²) < 4.78 is 12.3. The highest BCUT2D eigenvalue weighted by Gasteiger charge is 2.27. The number of benzene rings is 2. The van der Waals surface area contributed by atoms with Crippen LogP contribution in [0.25, 0.3) is 0 Å². The molecule has 25 heavy (non-hydrogen) atoms. The van der Waals surface area contributed by atoms with Crippen LogP contribution in [0.4, 0.5) is 0 Å². The zero-order chi connectivity index (χ0) is 17.6. The SMILES string of the molecule is O=S(CCN1CCC(Cc2ccccc2)C(O)C1)c1ccc(O)cc1. The van der Waals surface area contributed by atoms with Gasteiger partial charge in [-0.15, -0.1) is 0 Å². The predicted molar refractivity (Wildman–Crippen MR) is 100 cm³/mol. The van der Waals surface area contributed by atoms with Crippen molar-refractivity contribution in [3.8, 4) is 5.75 Å². The number of rotatable bonds is 6. The van der Waals surface area contributed by atoms with E-state index >= 15 is 0 Å². The van der Waals surface area contributed by atoms with E-state index in [-0.39, 0.29) is 11.9 Å². The van der Waals surface area contributed by atoms with Crippen LogP contribution >= 0.6 is 0 Å². The molecule has 3 unspecified atom stereocenters. The fourth-order valence-corrected chi connectivity index (χ4v) is 4.43. The van der Waals surface area contributed by atoms with Crippen molar-refractivity contribution >= 4 is 10.8 Å². The molecule has 1 aliphatic heterocycles. The third-order valence-electron chi connectivity index (χ3n) is 4.84. The predicted octanol–water partition coefficient (Wildman–Crippen LogP) is 2.43. The quantitative estimate of drug-likeness (QED) is 0.832. The lowest BCUT2D eigenvalue weighted by Gasteiger charge is -2.36. The molecule has 3 rings (SSSR count). The number of phenols is 1. The van der Waals surface area contributed by atoms with E-state index in [1.54, 1.807) is 24.3 Å². The summed E-state index contributed by atoms with van der Waals surface area (Å²) in [6.45, 7) is 2.29. The maximum atomic E-state index is 12.3. The lowest BCUT2D eigenvalue weighted by Crippen LogP contribution is -2.45. The van der Waals surface area contributed by atoms with Gasteiger partial charge in [0.05, 0.1) is 16.9 Å². The molecule has 0 saturated carbocycles. The normalized spacial score (nSPS) is 22.6. The van der Waals surface area contributed by atoms with Crippen molar-refractivity contribution in [2.45, 2.75) is 23.8 Å². The molecule has 0 bridgehead atoms.